The Balaban J connectivity index is 1.89. The number of rotatable bonds is 3. The SMILES string of the molecule is CC(=O)N1CCc2cc(-c3nc(NC(=O)C(C)C)sc3C)ccc21. The van der Waals surface area contributed by atoms with Crippen LogP contribution in [0.5, 0.6) is 0 Å². The van der Waals surface area contributed by atoms with Crippen molar-refractivity contribution in [2.75, 3.05) is 16.8 Å². The number of carbonyl (C=O) groups is 2. The maximum Gasteiger partial charge on any atom is 0.228 e. The molecule has 0 atom stereocenters. The van der Waals surface area contributed by atoms with Crippen LogP contribution < -0.4 is 10.2 Å². The van der Waals surface area contributed by atoms with E-state index in [4.69, 9.17) is 0 Å². The minimum absolute atomic E-state index is 0.0265. The summed E-state index contributed by atoms with van der Waals surface area (Å²) in [5.74, 6) is -0.0263. The Labute approximate surface area is 145 Å². The normalized spacial score (nSPS) is 13.3. The summed E-state index contributed by atoms with van der Waals surface area (Å²) in [6.07, 6.45) is 0.864. The molecule has 3 rings (SSSR count). The lowest BCUT2D eigenvalue weighted by molar-refractivity contribution is -0.119. The van der Waals surface area contributed by atoms with Gasteiger partial charge >= 0.3 is 0 Å². The second-order valence-electron chi connectivity index (χ2n) is 6.33. The van der Waals surface area contributed by atoms with Crippen LogP contribution in [0.25, 0.3) is 11.3 Å². The van der Waals surface area contributed by atoms with Crippen LogP contribution in [0, 0.1) is 12.8 Å². The first kappa shape index (κ1) is 16.6. The molecule has 126 valence electrons. The second-order valence-corrected chi connectivity index (χ2v) is 7.54. The number of fused-ring (bicyclic) bond motifs is 1. The molecule has 24 heavy (non-hydrogen) atoms. The van der Waals surface area contributed by atoms with Crippen molar-refractivity contribution < 1.29 is 9.59 Å². The number of nitrogens with zero attached hydrogens (tertiary/aromatic N) is 2. The van der Waals surface area contributed by atoms with E-state index in [1.54, 1.807) is 11.8 Å². The Kier molecular flexibility index (Phi) is 4.41. The summed E-state index contributed by atoms with van der Waals surface area (Å²) < 4.78 is 0. The third-order valence-corrected chi connectivity index (χ3v) is 5.07. The number of aryl methyl sites for hydroxylation is 1. The van der Waals surface area contributed by atoms with Gasteiger partial charge in [0.15, 0.2) is 5.13 Å². The smallest absolute Gasteiger partial charge is 0.228 e. The number of benzene rings is 1. The molecule has 2 amide bonds. The Morgan fingerprint density at radius 2 is 2.08 bits per heavy atom. The van der Waals surface area contributed by atoms with Gasteiger partial charge in [-0.15, -0.1) is 11.3 Å². The summed E-state index contributed by atoms with van der Waals surface area (Å²) in [7, 11) is 0. The summed E-state index contributed by atoms with van der Waals surface area (Å²) in [5.41, 5.74) is 4.08. The molecule has 1 aliphatic rings. The molecular weight excluding hydrogens is 322 g/mol. The third kappa shape index (κ3) is 3.06. The summed E-state index contributed by atoms with van der Waals surface area (Å²) in [6, 6.07) is 6.09. The molecule has 1 aromatic heterocycles. The van der Waals surface area contributed by atoms with E-state index in [1.165, 1.54) is 16.9 Å². The molecule has 2 heterocycles. The molecule has 0 unspecified atom stereocenters. The molecule has 0 bridgehead atoms. The van der Waals surface area contributed by atoms with E-state index in [0.717, 1.165) is 34.8 Å². The van der Waals surface area contributed by atoms with Gasteiger partial charge < -0.3 is 10.2 Å². The fraction of sp³-hybridized carbons (Fsp3) is 0.389. The first-order valence-corrected chi connectivity index (χ1v) is 8.88. The van der Waals surface area contributed by atoms with E-state index in [1.807, 2.05) is 32.9 Å². The standard InChI is InChI=1S/C18H21N3O2S/c1-10(2)17(23)20-18-19-16(11(3)24-18)14-5-6-15-13(9-14)7-8-21(15)12(4)22/h5-6,9-10H,7-8H2,1-4H3,(H,19,20,23). The fourth-order valence-electron chi connectivity index (χ4n) is 2.84. The lowest BCUT2D eigenvalue weighted by Crippen LogP contribution is -2.25. The van der Waals surface area contributed by atoms with Crippen molar-refractivity contribution in [3.8, 4) is 11.3 Å². The van der Waals surface area contributed by atoms with E-state index in [9.17, 15) is 9.59 Å². The average Bonchev–Trinajstić information content (AvgIpc) is 3.09. The van der Waals surface area contributed by atoms with Crippen LogP contribution in [0.2, 0.25) is 0 Å². The largest absolute Gasteiger partial charge is 0.312 e. The molecule has 1 aliphatic heterocycles. The highest BCUT2D eigenvalue weighted by atomic mass is 32.1. The zero-order valence-electron chi connectivity index (χ0n) is 14.3. The monoisotopic (exact) mass is 343 g/mol. The van der Waals surface area contributed by atoms with E-state index in [0.29, 0.717) is 5.13 Å². The molecule has 5 nitrogen and oxygen atoms in total. The van der Waals surface area contributed by atoms with Gasteiger partial charge in [0, 0.05) is 35.5 Å². The van der Waals surface area contributed by atoms with E-state index < -0.39 is 0 Å². The Morgan fingerprint density at radius 3 is 2.75 bits per heavy atom. The molecule has 0 spiro atoms. The number of hydrogen-bond acceptors (Lipinski definition) is 4. The van der Waals surface area contributed by atoms with E-state index >= 15 is 0 Å². The number of aromatic nitrogens is 1. The van der Waals surface area contributed by atoms with Crippen LogP contribution in [0.3, 0.4) is 0 Å². The van der Waals surface area contributed by atoms with Gasteiger partial charge in [-0.25, -0.2) is 4.98 Å². The minimum atomic E-state index is -0.0739. The first-order valence-electron chi connectivity index (χ1n) is 8.06. The van der Waals surface area contributed by atoms with Crippen LogP contribution in [0.4, 0.5) is 10.8 Å². The third-order valence-electron chi connectivity index (χ3n) is 4.18. The quantitative estimate of drug-likeness (QED) is 0.926. The highest BCUT2D eigenvalue weighted by Crippen LogP contribution is 2.35. The molecule has 0 fully saturated rings. The number of anilines is 2. The van der Waals surface area contributed by atoms with Crippen molar-refractivity contribution in [1.29, 1.82) is 0 Å². The van der Waals surface area contributed by atoms with Gasteiger partial charge in [-0.1, -0.05) is 19.9 Å². The van der Waals surface area contributed by atoms with Crippen LogP contribution in [-0.4, -0.2) is 23.3 Å². The molecule has 0 saturated carbocycles. The van der Waals surface area contributed by atoms with Crippen LogP contribution >= 0.6 is 11.3 Å². The molecular formula is C18H21N3O2S. The predicted molar refractivity (Wildman–Crippen MR) is 97.5 cm³/mol. The highest BCUT2D eigenvalue weighted by molar-refractivity contribution is 7.16. The second kappa shape index (κ2) is 6.36. The van der Waals surface area contributed by atoms with Gasteiger partial charge in [0.1, 0.15) is 0 Å². The zero-order valence-corrected chi connectivity index (χ0v) is 15.2. The summed E-state index contributed by atoms with van der Waals surface area (Å²) in [5, 5.41) is 3.49. The molecule has 2 aromatic rings. The molecule has 0 saturated heterocycles. The summed E-state index contributed by atoms with van der Waals surface area (Å²) in [6.45, 7) is 8.06. The van der Waals surface area contributed by atoms with Crippen LogP contribution in [0.1, 0.15) is 31.2 Å². The van der Waals surface area contributed by atoms with Gasteiger partial charge in [-0.2, -0.15) is 0 Å². The highest BCUT2D eigenvalue weighted by Gasteiger charge is 2.23. The van der Waals surface area contributed by atoms with Crippen LogP contribution in [0.15, 0.2) is 18.2 Å². The predicted octanol–water partition coefficient (Wildman–Crippen LogP) is 3.62. The van der Waals surface area contributed by atoms with Crippen molar-refractivity contribution in [1.82, 2.24) is 4.98 Å². The number of thiazole rings is 1. The van der Waals surface area contributed by atoms with Crippen molar-refractivity contribution >= 4 is 34.0 Å². The molecule has 1 N–H and O–H groups in total. The van der Waals surface area contributed by atoms with Crippen LogP contribution in [-0.2, 0) is 16.0 Å². The van der Waals surface area contributed by atoms with E-state index in [2.05, 4.69) is 16.4 Å². The number of carbonyl (C=O) groups excluding carboxylic acids is 2. The van der Waals surface area contributed by atoms with Crippen molar-refractivity contribution in [3.05, 3.63) is 28.6 Å². The molecule has 0 aliphatic carbocycles. The molecule has 6 heteroatoms. The lowest BCUT2D eigenvalue weighted by atomic mass is 10.1. The van der Waals surface area contributed by atoms with Gasteiger partial charge in [0.25, 0.3) is 0 Å². The Hall–Kier alpha value is -2.21. The number of nitrogens with one attached hydrogen (secondary N) is 1. The average molecular weight is 343 g/mol. The zero-order chi connectivity index (χ0) is 17.4. The topological polar surface area (TPSA) is 62.3 Å². The van der Waals surface area contributed by atoms with Gasteiger partial charge in [-0.05, 0) is 31.0 Å². The maximum absolute atomic E-state index is 11.8. The van der Waals surface area contributed by atoms with Crippen molar-refractivity contribution in [2.45, 2.75) is 34.1 Å². The molecule has 1 aromatic carbocycles. The first-order chi connectivity index (χ1) is 11.4. The van der Waals surface area contributed by atoms with Gasteiger partial charge in [0.2, 0.25) is 11.8 Å². The molecule has 0 radical (unpaired) electrons. The number of hydrogen-bond donors (Lipinski definition) is 1. The van der Waals surface area contributed by atoms with Gasteiger partial charge in [0.05, 0.1) is 5.69 Å². The van der Waals surface area contributed by atoms with Gasteiger partial charge in [-0.3, -0.25) is 9.59 Å². The van der Waals surface area contributed by atoms with E-state index in [-0.39, 0.29) is 17.7 Å². The fourth-order valence-corrected chi connectivity index (χ4v) is 3.68. The van der Waals surface area contributed by atoms with Crippen molar-refractivity contribution in [2.24, 2.45) is 5.92 Å². The minimum Gasteiger partial charge on any atom is -0.312 e. The Bertz CT molecular complexity index is 811. The van der Waals surface area contributed by atoms with Crippen molar-refractivity contribution in [3.63, 3.8) is 0 Å². The lowest BCUT2D eigenvalue weighted by Gasteiger charge is -2.14. The number of amides is 2. The maximum atomic E-state index is 11.8. The Morgan fingerprint density at radius 1 is 1.33 bits per heavy atom. The summed E-state index contributed by atoms with van der Waals surface area (Å²) in [4.78, 5) is 31.0. The summed E-state index contributed by atoms with van der Waals surface area (Å²) >= 11 is 1.49.